The monoisotopic (exact) mass is 557 g/mol. The van der Waals surface area contributed by atoms with Gasteiger partial charge in [0.2, 0.25) is 5.91 Å². The molecule has 0 unspecified atom stereocenters. The van der Waals surface area contributed by atoms with E-state index in [0.29, 0.717) is 25.7 Å². The van der Waals surface area contributed by atoms with Gasteiger partial charge >= 0.3 is 6.03 Å². The molecule has 3 aromatic rings. The number of aromatic nitrogens is 1. The predicted molar refractivity (Wildman–Crippen MR) is 168 cm³/mol. The van der Waals surface area contributed by atoms with Crippen LogP contribution in [0, 0.1) is 19.8 Å². The van der Waals surface area contributed by atoms with E-state index in [1.54, 1.807) is 0 Å². The van der Waals surface area contributed by atoms with Crippen molar-refractivity contribution in [3.8, 4) is 0 Å². The van der Waals surface area contributed by atoms with E-state index in [4.69, 9.17) is 0 Å². The number of carbonyl (C=O) groups is 2. The highest BCUT2D eigenvalue weighted by Crippen LogP contribution is 2.45. The molecule has 7 heteroatoms. The van der Waals surface area contributed by atoms with Crippen LogP contribution in [0.15, 0.2) is 61.3 Å². The van der Waals surface area contributed by atoms with Crippen LogP contribution in [0.3, 0.4) is 0 Å². The van der Waals surface area contributed by atoms with Gasteiger partial charge in [0.25, 0.3) is 0 Å². The average molecular weight is 558 g/mol. The molecule has 3 atom stereocenters. The van der Waals surface area contributed by atoms with Crippen LogP contribution >= 0.6 is 0 Å². The molecule has 1 aromatic heterocycles. The number of nitrogens with zero attached hydrogens (tertiary/aromatic N) is 3. The first-order valence-electron chi connectivity index (χ1n) is 14.9. The van der Waals surface area contributed by atoms with Gasteiger partial charge in [-0.25, -0.2) is 4.79 Å². The number of piperidine rings is 1. The van der Waals surface area contributed by atoms with Gasteiger partial charge in [-0.3, -0.25) is 14.6 Å². The van der Waals surface area contributed by atoms with Crippen molar-refractivity contribution in [1.29, 1.82) is 0 Å². The number of H-pyrrole nitrogens is 1. The van der Waals surface area contributed by atoms with Gasteiger partial charge < -0.3 is 15.2 Å². The molecule has 2 N–H and O–H groups in total. The Bertz CT molecular complexity index is 1320. The molecule has 0 bridgehead atoms. The van der Waals surface area contributed by atoms with Gasteiger partial charge in [0.15, 0.2) is 0 Å². The van der Waals surface area contributed by atoms with Crippen molar-refractivity contribution in [1.82, 2.24) is 25.0 Å². The van der Waals surface area contributed by atoms with E-state index in [2.05, 4.69) is 89.2 Å². The molecule has 2 aromatic carbocycles. The summed E-state index contributed by atoms with van der Waals surface area (Å²) in [6.45, 7) is 13.3. The van der Waals surface area contributed by atoms with Crippen LogP contribution in [-0.2, 0) is 11.2 Å². The van der Waals surface area contributed by atoms with Crippen LogP contribution in [0.2, 0.25) is 0 Å². The zero-order valence-electron chi connectivity index (χ0n) is 25.5. The van der Waals surface area contributed by atoms with Crippen molar-refractivity contribution in [3.05, 3.63) is 83.6 Å². The average Bonchev–Trinajstić information content (AvgIpc) is 3.37. The molecule has 41 heavy (non-hydrogen) atoms. The highest BCUT2D eigenvalue weighted by molar-refractivity contribution is 5.96. The standard InChI is InChI=1S/C26H37N5O2.C8H10/c1-5-11-30-17-19(25(32)31(26(33)27-6-2)13-8-12-29(3)4)14-21-20-9-7-10-22-24(20)18(16-28-22)15-23(21)30;1-7-5-3-4-6-8(7)2/h5,7,9-10,16,19,21,23,28H,1,6,8,11-15,17H2,2-4H3,(H,27,33);3-6H,1-2H3/t19-,21-,23-;/m1./s1. The Morgan fingerprint density at radius 2 is 1.83 bits per heavy atom. The number of hydrogen-bond acceptors (Lipinski definition) is 4. The summed E-state index contributed by atoms with van der Waals surface area (Å²) in [6, 6.07) is 14.9. The van der Waals surface area contributed by atoms with Crippen molar-refractivity contribution in [3.63, 3.8) is 0 Å². The number of fused-ring (bicyclic) bond motifs is 2. The molecule has 1 fully saturated rings. The molecule has 220 valence electrons. The van der Waals surface area contributed by atoms with E-state index in [9.17, 15) is 9.59 Å². The second-order valence-electron chi connectivity index (χ2n) is 11.7. The van der Waals surface area contributed by atoms with Crippen molar-refractivity contribution in [2.45, 2.75) is 52.0 Å². The molecule has 0 spiro atoms. The molecule has 2 heterocycles. The van der Waals surface area contributed by atoms with Gasteiger partial charge in [0.05, 0.1) is 5.92 Å². The fourth-order valence-electron chi connectivity index (χ4n) is 6.34. The number of urea groups is 1. The first-order valence-corrected chi connectivity index (χ1v) is 14.9. The number of imide groups is 1. The summed E-state index contributed by atoms with van der Waals surface area (Å²) in [5.74, 6) is -0.0133. The molecule has 1 aliphatic carbocycles. The van der Waals surface area contributed by atoms with Crippen molar-refractivity contribution >= 4 is 22.8 Å². The number of carbonyl (C=O) groups excluding carboxylic acids is 2. The van der Waals surface area contributed by atoms with Crippen LogP contribution in [0.25, 0.3) is 10.9 Å². The van der Waals surface area contributed by atoms with E-state index < -0.39 is 0 Å². The minimum atomic E-state index is -0.280. The highest BCUT2D eigenvalue weighted by Gasteiger charge is 2.43. The third-order valence-electron chi connectivity index (χ3n) is 8.54. The smallest absolute Gasteiger partial charge is 0.324 e. The quantitative estimate of drug-likeness (QED) is 0.359. The number of aryl methyl sites for hydroxylation is 2. The predicted octanol–water partition coefficient (Wildman–Crippen LogP) is 5.50. The van der Waals surface area contributed by atoms with E-state index in [1.165, 1.54) is 32.5 Å². The zero-order valence-corrected chi connectivity index (χ0v) is 25.5. The zero-order chi connectivity index (χ0) is 29.5. The molecular weight excluding hydrogens is 510 g/mol. The molecule has 2 aliphatic rings. The second kappa shape index (κ2) is 14.0. The second-order valence-corrected chi connectivity index (χ2v) is 11.7. The number of aromatic amines is 1. The summed E-state index contributed by atoms with van der Waals surface area (Å²) >= 11 is 0. The first-order chi connectivity index (χ1) is 19.7. The Hall–Kier alpha value is -3.42. The van der Waals surface area contributed by atoms with Crippen molar-refractivity contribution < 1.29 is 9.59 Å². The molecule has 1 aliphatic heterocycles. The lowest BCUT2D eigenvalue weighted by Gasteiger charge is -2.47. The number of amides is 3. The third-order valence-corrected chi connectivity index (χ3v) is 8.54. The van der Waals surface area contributed by atoms with Crippen LogP contribution in [-0.4, -0.2) is 84.5 Å². The lowest BCUT2D eigenvalue weighted by atomic mass is 9.72. The number of likely N-dealkylation sites (tertiary alicyclic amines) is 1. The summed E-state index contributed by atoms with van der Waals surface area (Å²) in [7, 11) is 4.01. The lowest BCUT2D eigenvalue weighted by Crippen LogP contribution is -2.55. The summed E-state index contributed by atoms with van der Waals surface area (Å²) in [5.41, 5.74) is 6.58. The summed E-state index contributed by atoms with van der Waals surface area (Å²) in [4.78, 5) is 35.9. The van der Waals surface area contributed by atoms with Gasteiger partial charge in [-0.15, -0.1) is 6.58 Å². The largest absolute Gasteiger partial charge is 0.361 e. The lowest BCUT2D eigenvalue weighted by molar-refractivity contribution is -0.135. The van der Waals surface area contributed by atoms with E-state index in [1.807, 2.05) is 27.1 Å². The van der Waals surface area contributed by atoms with Gasteiger partial charge in [0, 0.05) is 55.2 Å². The molecular formula is C34H47N5O2. The Morgan fingerprint density at radius 1 is 1.10 bits per heavy atom. The third kappa shape index (κ3) is 7.08. The molecule has 5 rings (SSSR count). The van der Waals surface area contributed by atoms with Crippen LogP contribution < -0.4 is 5.32 Å². The fourth-order valence-corrected chi connectivity index (χ4v) is 6.34. The van der Waals surface area contributed by atoms with Crippen molar-refractivity contribution in [2.24, 2.45) is 5.92 Å². The van der Waals surface area contributed by atoms with Gasteiger partial charge in [0.1, 0.15) is 0 Å². The number of rotatable bonds is 8. The normalized spacial score (nSPS) is 19.7. The number of benzene rings is 2. The fraction of sp³-hybridized carbons (Fsp3) is 0.471. The maximum Gasteiger partial charge on any atom is 0.324 e. The number of hydrogen-bond donors (Lipinski definition) is 2. The van der Waals surface area contributed by atoms with Crippen LogP contribution in [0.5, 0.6) is 0 Å². The SMILES string of the molecule is C=CCN1C[C@H](C(=O)N(CCCN(C)C)C(=O)NCC)C[C@@H]2c3cccc4[nH]cc(c34)C[C@H]21.Cc1ccccc1C. The van der Waals surface area contributed by atoms with Gasteiger partial charge in [-0.2, -0.15) is 0 Å². The van der Waals surface area contributed by atoms with Crippen molar-refractivity contribution in [2.75, 3.05) is 46.8 Å². The Morgan fingerprint density at radius 3 is 2.46 bits per heavy atom. The minimum Gasteiger partial charge on any atom is -0.361 e. The maximum absolute atomic E-state index is 13.7. The molecule has 0 saturated carbocycles. The van der Waals surface area contributed by atoms with E-state index >= 15 is 0 Å². The summed E-state index contributed by atoms with van der Waals surface area (Å²) in [5, 5.41) is 4.16. The molecule has 3 amide bonds. The Balaban J connectivity index is 0.000000417. The Labute approximate surface area is 245 Å². The first kappa shape index (κ1) is 30.5. The molecule has 7 nitrogen and oxygen atoms in total. The van der Waals surface area contributed by atoms with E-state index in [0.717, 1.165) is 37.9 Å². The highest BCUT2D eigenvalue weighted by atomic mass is 16.2. The van der Waals surface area contributed by atoms with Crippen LogP contribution in [0.4, 0.5) is 4.79 Å². The molecule has 0 radical (unpaired) electrons. The molecule has 1 saturated heterocycles. The summed E-state index contributed by atoms with van der Waals surface area (Å²) < 4.78 is 0. The van der Waals surface area contributed by atoms with E-state index in [-0.39, 0.29) is 23.8 Å². The topological polar surface area (TPSA) is 71.7 Å². The van der Waals surface area contributed by atoms with Gasteiger partial charge in [-0.1, -0.05) is 42.5 Å². The summed E-state index contributed by atoms with van der Waals surface area (Å²) in [6.07, 6.45) is 6.56. The van der Waals surface area contributed by atoms with Crippen LogP contribution in [0.1, 0.15) is 47.9 Å². The maximum atomic E-state index is 13.7. The van der Waals surface area contributed by atoms with Gasteiger partial charge in [-0.05, 0) is 89.0 Å². The number of nitrogens with one attached hydrogen (secondary N) is 2. The minimum absolute atomic E-state index is 0.0562. The Kier molecular flexibility index (Phi) is 10.4.